The van der Waals surface area contributed by atoms with E-state index in [0.29, 0.717) is 0 Å². The molecule has 0 fully saturated rings. The zero-order chi connectivity index (χ0) is 14.5. The van der Waals surface area contributed by atoms with Crippen LogP contribution < -0.4 is 0 Å². The smallest absolute Gasteiger partial charge is 0.0346 e. The van der Waals surface area contributed by atoms with Crippen molar-refractivity contribution >= 4 is 10.8 Å². The minimum Gasteiger partial charge on any atom is -0.264 e. The molecule has 0 bridgehead atoms. The summed E-state index contributed by atoms with van der Waals surface area (Å²) in [6.07, 6.45) is 3.75. The Bertz CT molecular complexity index is 1020. The van der Waals surface area contributed by atoms with E-state index < -0.39 is 0 Å². The second kappa shape index (κ2) is 4.28. The zero-order valence-electron chi connectivity index (χ0n) is 12.0. The highest BCUT2D eigenvalue weighted by atomic mass is 14.6. The van der Waals surface area contributed by atoms with E-state index in [9.17, 15) is 0 Å². The lowest BCUT2D eigenvalue weighted by molar-refractivity contribution is 1.33. The molecule has 3 aromatic carbocycles. The first-order chi connectivity index (χ1) is 10.9. The molecule has 1 heteroatoms. The molecule has 0 radical (unpaired) electrons. The first kappa shape index (κ1) is 11.7. The summed E-state index contributed by atoms with van der Waals surface area (Å²) in [5.74, 6) is 0. The fraction of sp³-hybridized carbons (Fsp3) is 0. The third-order valence-corrected chi connectivity index (χ3v) is 4.48. The molecule has 1 aromatic heterocycles. The first-order valence-corrected chi connectivity index (χ1v) is 7.49. The average Bonchev–Trinajstić information content (AvgIpc) is 2.92. The van der Waals surface area contributed by atoms with Crippen LogP contribution in [0, 0.1) is 0 Å². The second-order valence-corrected chi connectivity index (χ2v) is 5.71. The minimum absolute atomic E-state index is 1.16. The van der Waals surface area contributed by atoms with Crippen LogP contribution in [0.5, 0.6) is 0 Å². The molecule has 0 saturated carbocycles. The van der Waals surface area contributed by atoms with Gasteiger partial charge in [0.25, 0.3) is 0 Å². The lowest BCUT2D eigenvalue weighted by atomic mass is 9.97. The van der Waals surface area contributed by atoms with Crippen molar-refractivity contribution in [2.75, 3.05) is 0 Å². The van der Waals surface area contributed by atoms with Crippen molar-refractivity contribution in [3.05, 3.63) is 79.1 Å². The molecule has 0 amide bonds. The summed E-state index contributed by atoms with van der Waals surface area (Å²) in [7, 11) is 0. The van der Waals surface area contributed by atoms with Crippen molar-refractivity contribution in [2.45, 2.75) is 0 Å². The van der Waals surface area contributed by atoms with Gasteiger partial charge in [-0.1, -0.05) is 48.5 Å². The predicted octanol–water partition coefficient (Wildman–Crippen LogP) is 5.55. The third kappa shape index (κ3) is 1.51. The van der Waals surface area contributed by atoms with E-state index in [4.69, 9.17) is 0 Å². The quantitative estimate of drug-likeness (QED) is 0.392. The Morgan fingerprint density at radius 2 is 1.41 bits per heavy atom. The van der Waals surface area contributed by atoms with E-state index in [1.165, 1.54) is 38.6 Å². The highest BCUT2D eigenvalue weighted by Crippen LogP contribution is 2.48. The van der Waals surface area contributed by atoms with Crippen LogP contribution in [0.4, 0.5) is 0 Å². The maximum atomic E-state index is 4.25. The van der Waals surface area contributed by atoms with Gasteiger partial charge in [0.05, 0.1) is 0 Å². The van der Waals surface area contributed by atoms with Crippen LogP contribution in [0.3, 0.4) is 0 Å². The van der Waals surface area contributed by atoms with Gasteiger partial charge in [-0.25, -0.2) is 0 Å². The van der Waals surface area contributed by atoms with Gasteiger partial charge in [0, 0.05) is 18.0 Å². The lowest BCUT2D eigenvalue weighted by Crippen LogP contribution is -1.82. The van der Waals surface area contributed by atoms with Gasteiger partial charge in [-0.2, -0.15) is 0 Å². The third-order valence-electron chi connectivity index (χ3n) is 4.48. The molecule has 0 aliphatic heterocycles. The van der Waals surface area contributed by atoms with Gasteiger partial charge in [0.15, 0.2) is 0 Å². The predicted molar refractivity (Wildman–Crippen MR) is 91.6 cm³/mol. The Kier molecular flexibility index (Phi) is 2.28. The van der Waals surface area contributed by atoms with Gasteiger partial charge in [0.1, 0.15) is 0 Å². The summed E-state index contributed by atoms with van der Waals surface area (Å²) in [4.78, 5) is 4.25. The Hall–Kier alpha value is -2.93. The standard InChI is InChI=1S/C21H13N/c1-2-8-18-17(7-1)19-9-3-5-14-11-16(12-20(18)21(14)19)15-6-4-10-22-13-15/h1-13H. The Morgan fingerprint density at radius 1 is 0.591 bits per heavy atom. The number of benzene rings is 3. The molecule has 1 nitrogen and oxygen atoms in total. The van der Waals surface area contributed by atoms with E-state index in [0.717, 1.165) is 5.56 Å². The number of fused-ring (bicyclic) bond motifs is 3. The van der Waals surface area contributed by atoms with Crippen LogP contribution >= 0.6 is 0 Å². The largest absolute Gasteiger partial charge is 0.264 e. The highest BCUT2D eigenvalue weighted by Gasteiger charge is 2.21. The van der Waals surface area contributed by atoms with Crippen molar-refractivity contribution in [3.8, 4) is 33.4 Å². The monoisotopic (exact) mass is 279 g/mol. The van der Waals surface area contributed by atoms with E-state index in [1.54, 1.807) is 0 Å². The van der Waals surface area contributed by atoms with Gasteiger partial charge >= 0.3 is 0 Å². The molecule has 22 heavy (non-hydrogen) atoms. The number of rotatable bonds is 1. The van der Waals surface area contributed by atoms with E-state index >= 15 is 0 Å². The number of hydrogen-bond donors (Lipinski definition) is 0. The zero-order valence-corrected chi connectivity index (χ0v) is 12.0. The molecule has 0 spiro atoms. The number of aromatic nitrogens is 1. The topological polar surface area (TPSA) is 12.9 Å². The van der Waals surface area contributed by atoms with E-state index in [1.807, 2.05) is 18.5 Å². The van der Waals surface area contributed by atoms with Gasteiger partial charge in [-0.05, 0) is 56.8 Å². The van der Waals surface area contributed by atoms with Gasteiger partial charge < -0.3 is 0 Å². The molecular weight excluding hydrogens is 266 g/mol. The van der Waals surface area contributed by atoms with Crippen LogP contribution in [0.25, 0.3) is 44.2 Å². The van der Waals surface area contributed by atoms with Gasteiger partial charge in [0.2, 0.25) is 0 Å². The fourth-order valence-electron chi connectivity index (χ4n) is 3.52. The molecular formula is C21H13N. The summed E-state index contributed by atoms with van der Waals surface area (Å²) >= 11 is 0. The summed E-state index contributed by atoms with van der Waals surface area (Å²) in [5.41, 5.74) is 7.74. The average molecular weight is 279 g/mol. The SMILES string of the molecule is c1cncc(-c2cc3c4c(cccc4c2)-c2ccccc2-3)c1. The van der Waals surface area contributed by atoms with Gasteiger partial charge in [-0.3, -0.25) is 4.98 Å². The van der Waals surface area contributed by atoms with Crippen molar-refractivity contribution in [2.24, 2.45) is 0 Å². The summed E-state index contributed by atoms with van der Waals surface area (Å²) in [5, 5.41) is 2.67. The molecule has 5 rings (SSSR count). The summed E-state index contributed by atoms with van der Waals surface area (Å²) < 4.78 is 0. The molecule has 4 aromatic rings. The Labute approximate surface area is 128 Å². The maximum Gasteiger partial charge on any atom is 0.0346 e. The molecule has 0 saturated heterocycles. The minimum atomic E-state index is 1.16. The van der Waals surface area contributed by atoms with Crippen molar-refractivity contribution < 1.29 is 0 Å². The van der Waals surface area contributed by atoms with Gasteiger partial charge in [-0.15, -0.1) is 0 Å². The van der Waals surface area contributed by atoms with Crippen LogP contribution in [0.15, 0.2) is 79.1 Å². The van der Waals surface area contributed by atoms with Crippen LogP contribution in [0.2, 0.25) is 0 Å². The molecule has 1 heterocycles. The normalized spacial score (nSPS) is 11.6. The van der Waals surface area contributed by atoms with Crippen LogP contribution in [0.1, 0.15) is 0 Å². The number of nitrogens with zero attached hydrogens (tertiary/aromatic N) is 1. The lowest BCUT2D eigenvalue weighted by Gasteiger charge is -2.07. The number of hydrogen-bond acceptors (Lipinski definition) is 1. The molecule has 0 N–H and O–H groups in total. The van der Waals surface area contributed by atoms with E-state index in [-0.39, 0.29) is 0 Å². The Morgan fingerprint density at radius 3 is 2.23 bits per heavy atom. The summed E-state index contributed by atoms with van der Waals surface area (Å²) in [6, 6.07) is 23.9. The Balaban J connectivity index is 1.90. The molecule has 1 aliphatic rings. The molecule has 0 unspecified atom stereocenters. The first-order valence-electron chi connectivity index (χ1n) is 7.49. The van der Waals surface area contributed by atoms with Crippen molar-refractivity contribution in [3.63, 3.8) is 0 Å². The van der Waals surface area contributed by atoms with Crippen LogP contribution in [-0.2, 0) is 0 Å². The van der Waals surface area contributed by atoms with Crippen molar-refractivity contribution in [1.29, 1.82) is 0 Å². The second-order valence-electron chi connectivity index (χ2n) is 5.71. The number of pyridine rings is 1. The summed E-state index contributed by atoms with van der Waals surface area (Å²) in [6.45, 7) is 0. The van der Waals surface area contributed by atoms with Crippen LogP contribution in [-0.4, -0.2) is 4.98 Å². The highest BCUT2D eigenvalue weighted by molar-refractivity contribution is 6.16. The molecule has 102 valence electrons. The maximum absolute atomic E-state index is 4.25. The molecule has 1 aliphatic carbocycles. The fourth-order valence-corrected chi connectivity index (χ4v) is 3.52. The van der Waals surface area contributed by atoms with E-state index in [2.05, 4.69) is 65.6 Å². The molecule has 0 atom stereocenters. The van der Waals surface area contributed by atoms with Crippen molar-refractivity contribution in [1.82, 2.24) is 4.98 Å².